The number of nitrogens with zero attached hydrogens (tertiary/aromatic N) is 6. The van der Waals surface area contributed by atoms with Crippen LogP contribution in [-0.2, 0) is 94.6 Å². The number of primary amides is 1. The summed E-state index contributed by atoms with van der Waals surface area (Å²) in [5.41, 5.74) is 6.76. The lowest BCUT2D eigenvalue weighted by atomic mass is 9.87. The highest BCUT2D eigenvalue weighted by atomic mass is 35.5. The second-order valence-electron chi connectivity index (χ2n) is 32.2. The van der Waals surface area contributed by atoms with Gasteiger partial charge in [-0.1, -0.05) is 65.6 Å². The van der Waals surface area contributed by atoms with Crippen molar-refractivity contribution in [3.63, 3.8) is 0 Å². The number of carboxylic acid groups (broad SMARTS) is 4. The van der Waals surface area contributed by atoms with Crippen LogP contribution in [0.25, 0.3) is 10.9 Å². The SMILES string of the molecule is CC[C@H](C)[C@@H]1NC(=O)[C@H](CC(C)C)NC(=O)C2(CCOCC2)NC(=O)[C@@H](NC(=O)[C@@H](CC(C)C)NC(=O)[C@H](CCC(=O)O)NC(=O)[C@@H]2C[C@@H](O)CN2C(=O)CCc2c[nH]c3ccc(Cl)cc23)CSCc2cccc(n2)CSC[C@@H](C(=O)N[C@H](CCCCNC(=O)CN2CCN(CC(=O)O)CCN(CC(=O)O)CCN(CC(=O)O)CC2)C(N)=O)NC1=O. The zero-order valence-electron chi connectivity index (χ0n) is 69.5. The van der Waals surface area contributed by atoms with Gasteiger partial charge in [-0.25, -0.2) is 0 Å². The average molecular weight is 1760 g/mol. The number of unbranched alkanes of at least 4 members (excludes halogenated alkanes) is 1. The number of carbonyl (C=O) groups is 15. The minimum Gasteiger partial charge on any atom is -0.481 e. The minimum absolute atomic E-state index is 0.00182. The van der Waals surface area contributed by atoms with Crippen LogP contribution in [-0.4, -0.2) is 325 Å². The molecule has 3 saturated heterocycles. The van der Waals surface area contributed by atoms with Crippen molar-refractivity contribution in [1.29, 1.82) is 0 Å². The van der Waals surface area contributed by atoms with Crippen molar-refractivity contribution in [2.24, 2.45) is 23.5 Å². The van der Waals surface area contributed by atoms with Crippen LogP contribution in [0.4, 0.5) is 0 Å². The molecule has 0 aliphatic carbocycles. The van der Waals surface area contributed by atoms with E-state index < -0.39 is 168 Å². The fourth-order valence-corrected chi connectivity index (χ4v) is 16.8. The molecule has 6 heterocycles. The summed E-state index contributed by atoms with van der Waals surface area (Å²) in [4.78, 5) is 223. The number of aliphatic hydroxyl groups excluding tert-OH is 1. The van der Waals surface area contributed by atoms with Crippen molar-refractivity contribution in [3.8, 4) is 0 Å². The van der Waals surface area contributed by atoms with Gasteiger partial charge in [-0.05, 0) is 98.6 Å². The number of thioether (sulfide) groups is 2. The number of β-amino-alcohol motifs (C(OH)–C–C–N with tert-alkyl or cyclic N) is 1. The Morgan fingerprint density at radius 1 is 0.669 bits per heavy atom. The molecule has 10 atom stereocenters. The Bertz CT molecular complexity index is 4050. The molecule has 3 fully saturated rings. The maximum absolute atomic E-state index is 15.2. The molecule has 1 aromatic carbocycles. The summed E-state index contributed by atoms with van der Waals surface area (Å²) >= 11 is 8.65. The van der Waals surface area contributed by atoms with Crippen LogP contribution >= 0.6 is 35.1 Å². The molecule has 3 aromatic rings. The summed E-state index contributed by atoms with van der Waals surface area (Å²) in [6, 6.07) is -0.593. The summed E-state index contributed by atoms with van der Waals surface area (Å²) in [5.74, 6) is -14.2. The van der Waals surface area contributed by atoms with Crippen LogP contribution in [0.5, 0.6) is 0 Å². The lowest BCUT2D eigenvalue weighted by Crippen LogP contribution is -2.67. The number of amides is 11. The molecule has 17 N–H and O–H groups in total. The van der Waals surface area contributed by atoms with Crippen LogP contribution in [0.15, 0.2) is 42.6 Å². The van der Waals surface area contributed by atoms with Gasteiger partial charge in [0.1, 0.15) is 53.9 Å². The molecule has 4 aliphatic heterocycles. The molecule has 1 spiro atoms. The third kappa shape index (κ3) is 32.8. The zero-order valence-corrected chi connectivity index (χ0v) is 71.9. The van der Waals surface area contributed by atoms with Crippen LogP contribution in [0, 0.1) is 17.8 Å². The first kappa shape index (κ1) is 98.8. The number of rotatable bonds is 34. The van der Waals surface area contributed by atoms with Crippen molar-refractivity contribution in [3.05, 3.63) is 64.6 Å². The molecular formula is C80H120ClN17O21S2. The molecular weight excluding hydrogens is 1630 g/mol. The van der Waals surface area contributed by atoms with Gasteiger partial charge in [0, 0.05) is 156 Å². The monoisotopic (exact) mass is 1750 g/mol. The number of ether oxygens (including phenoxy) is 1. The number of nitrogens with two attached hydrogens (primary N) is 1. The number of hydrogen-bond acceptors (Lipinski definition) is 24. The third-order valence-electron chi connectivity index (χ3n) is 21.6. The number of benzene rings is 1. The lowest BCUT2D eigenvalue weighted by Gasteiger charge is -2.39. The Labute approximate surface area is 716 Å². The highest BCUT2D eigenvalue weighted by Crippen LogP contribution is 2.28. The van der Waals surface area contributed by atoms with Gasteiger partial charge in [0.15, 0.2) is 0 Å². The Hall–Kier alpha value is -9.29. The van der Waals surface area contributed by atoms with Gasteiger partial charge >= 0.3 is 23.9 Å². The topological polar surface area (TPSA) is 546 Å². The van der Waals surface area contributed by atoms with Gasteiger partial charge < -0.3 is 93.7 Å². The quantitative estimate of drug-likeness (QED) is 0.0338. The van der Waals surface area contributed by atoms with E-state index in [1.54, 1.807) is 89.9 Å². The first-order chi connectivity index (χ1) is 57.5. The number of likely N-dealkylation sites (tertiary alicyclic amines) is 1. The molecule has 4 aliphatic rings. The average Bonchev–Trinajstić information content (AvgIpc) is 1.73. The summed E-state index contributed by atoms with van der Waals surface area (Å²) in [6.07, 6.45) is 0.186. The van der Waals surface area contributed by atoms with Crippen molar-refractivity contribution in [2.45, 2.75) is 196 Å². The summed E-state index contributed by atoms with van der Waals surface area (Å²) in [6.45, 7) is 10.9. The number of carbonyl (C=O) groups excluding carboxylic acids is 11. The lowest BCUT2D eigenvalue weighted by molar-refractivity contribution is -0.141. The molecule has 121 heavy (non-hydrogen) atoms. The van der Waals surface area contributed by atoms with Gasteiger partial charge in [-0.15, -0.1) is 0 Å². The van der Waals surface area contributed by atoms with Crippen LogP contribution in [0.3, 0.4) is 0 Å². The van der Waals surface area contributed by atoms with E-state index in [1.165, 1.54) is 28.4 Å². The predicted octanol–water partition coefficient (Wildman–Crippen LogP) is -0.400. The summed E-state index contributed by atoms with van der Waals surface area (Å²) in [5, 5.41) is 76.0. The number of halogens is 1. The first-order valence-electron chi connectivity index (χ1n) is 41.2. The number of hydrogen-bond donors (Lipinski definition) is 16. The smallest absolute Gasteiger partial charge is 0.317 e. The van der Waals surface area contributed by atoms with Crippen molar-refractivity contribution in [1.82, 2.24) is 82.3 Å². The van der Waals surface area contributed by atoms with Crippen LogP contribution < -0.4 is 53.6 Å². The minimum atomic E-state index is -1.78. The van der Waals surface area contributed by atoms with E-state index in [4.69, 9.17) is 27.1 Å². The zero-order chi connectivity index (χ0) is 88.6. The number of H-pyrrole nitrogens is 1. The van der Waals surface area contributed by atoms with E-state index in [0.29, 0.717) is 29.3 Å². The Morgan fingerprint density at radius 3 is 1.83 bits per heavy atom. The van der Waals surface area contributed by atoms with Gasteiger partial charge in [0.25, 0.3) is 0 Å². The summed E-state index contributed by atoms with van der Waals surface area (Å²) in [7, 11) is 0. The third-order valence-corrected chi connectivity index (χ3v) is 24.0. The maximum atomic E-state index is 15.2. The number of carboxylic acids is 4. The molecule has 2 bridgehead atoms. The largest absolute Gasteiger partial charge is 0.481 e. The second kappa shape index (κ2) is 49.1. The molecule has 7 rings (SSSR count). The highest BCUT2D eigenvalue weighted by Gasteiger charge is 2.46. The number of aliphatic hydroxyl groups is 1. The second-order valence-corrected chi connectivity index (χ2v) is 34.7. The molecule has 670 valence electrons. The Balaban J connectivity index is 1.07. The number of fused-ring (bicyclic) bond motifs is 3. The van der Waals surface area contributed by atoms with Gasteiger partial charge in [-0.3, -0.25) is 96.5 Å². The van der Waals surface area contributed by atoms with E-state index in [0.717, 1.165) is 16.5 Å². The van der Waals surface area contributed by atoms with Crippen LogP contribution in [0.2, 0.25) is 5.02 Å². The van der Waals surface area contributed by atoms with Crippen molar-refractivity contribution in [2.75, 3.05) is 116 Å². The molecule has 0 saturated carbocycles. The maximum Gasteiger partial charge on any atom is 0.317 e. The number of pyridine rings is 1. The number of aromatic nitrogens is 2. The fourth-order valence-electron chi connectivity index (χ4n) is 14.7. The molecule has 38 nitrogen and oxygen atoms in total. The van der Waals surface area contributed by atoms with E-state index in [9.17, 15) is 87.9 Å². The molecule has 0 unspecified atom stereocenters. The number of aryl methyl sites for hydroxylation is 1. The standard InChI is InChI=1S/C80H120ClN17O21S2/c1-7-49(6)70-78(117)90-61(75(114)86-57(71(82)110)13-8-9-22-83-64(100)39-94-23-25-95(40-67(104)105)27-29-97(42-69(108)109)30-28-96(26-24-94)41-68(106)107)45-120-43-52-11-10-12-53(85-52)44-121-46-62(76(115)93-80(20-31-119-32-21-80)79(118)91-60(34-48(4)5)74(113)92-70)89-73(112)59(33-47(2)3)88-72(111)58(17-19-66(102)103)87-77(116)63-36-54(99)38-98(63)65(101)18-14-50-37-84-56-16-15-51(81)35-55(50)56/h10-12,15-16,35,37,47-49,54,57-63,70,84,99H,7-9,13-14,17-34,36,38-46H2,1-6H3,(H2,82,110)(H,83,100)(H,86,114)(H,87,116)(H,88,111)(H,89,112)(H,90,117)(H,91,118)(H,92,113)(H,93,115)(H,102,103)(H,104,105)(H,106,107)(H,108,109)/t49-,54+,57+,58-,59+,60-,61-,62-,63-,70-/m0/s1. The van der Waals surface area contributed by atoms with Gasteiger partial charge in [-0.2, -0.15) is 23.5 Å². The highest BCUT2D eigenvalue weighted by molar-refractivity contribution is 7.98. The van der Waals surface area contributed by atoms with E-state index in [-0.39, 0.29) is 197 Å². The number of aliphatic carboxylic acids is 4. The van der Waals surface area contributed by atoms with Crippen molar-refractivity contribution < 1.29 is 102 Å². The van der Waals surface area contributed by atoms with Crippen LogP contribution in [0.1, 0.15) is 136 Å². The predicted molar refractivity (Wildman–Crippen MR) is 449 cm³/mol. The number of nitrogens with one attached hydrogen (secondary N) is 10. The normalized spacial score (nSPS) is 21.8. The molecule has 11 amide bonds. The Kier molecular flexibility index (Phi) is 40.1. The number of aromatic amines is 1. The van der Waals surface area contributed by atoms with Gasteiger partial charge in [0.05, 0.1) is 43.7 Å². The van der Waals surface area contributed by atoms with Crippen molar-refractivity contribution >= 4 is 135 Å². The molecule has 0 radical (unpaired) electrons. The Morgan fingerprint density at radius 2 is 1.26 bits per heavy atom. The van der Waals surface area contributed by atoms with E-state index >= 15 is 9.59 Å². The fraction of sp³-hybridized carbons (Fsp3) is 0.650. The van der Waals surface area contributed by atoms with Gasteiger partial charge in [0.2, 0.25) is 65.0 Å². The first-order valence-corrected chi connectivity index (χ1v) is 43.9. The summed E-state index contributed by atoms with van der Waals surface area (Å²) < 4.78 is 5.73. The molecule has 2 aromatic heterocycles. The molecule has 41 heteroatoms. The van der Waals surface area contributed by atoms with E-state index in [1.807, 2.05) is 13.8 Å². The van der Waals surface area contributed by atoms with E-state index in [2.05, 4.69) is 52.8 Å².